The lowest BCUT2D eigenvalue weighted by atomic mass is 9.68. The highest BCUT2D eigenvalue weighted by Gasteiger charge is 2.42. The molecule has 2 aliphatic heterocycles. The SMILES string of the molecule is CCOC(=O)CCN1C=C(C(C)C)C(C)(c2ccc(Br)c(Cl)c2)CC1=O.CCOC(=O)CCN1C=C(C(C)C)C(C)(c2ccc(C3=CCC(C)(C)CC3)c(Cl)c2)CC1=O. The molecule has 11 heteroatoms. The molecule has 0 aromatic heterocycles. The third-order valence-electron chi connectivity index (χ3n) is 12.0. The number of ether oxygens (including phenoxy) is 2. The molecule has 0 saturated heterocycles. The fourth-order valence-corrected chi connectivity index (χ4v) is 9.16. The summed E-state index contributed by atoms with van der Waals surface area (Å²) in [5.41, 5.74) is 6.32. The van der Waals surface area contributed by atoms with E-state index in [1.807, 2.05) is 30.6 Å². The maximum atomic E-state index is 13.1. The molecular formula is C48H63BrCl2N2O6. The first-order valence-corrected chi connectivity index (χ1v) is 22.5. The molecule has 2 unspecified atom stereocenters. The van der Waals surface area contributed by atoms with Crippen LogP contribution < -0.4 is 0 Å². The summed E-state index contributed by atoms with van der Waals surface area (Å²) in [5.74, 6) is -0.0480. The zero-order chi connectivity index (χ0) is 43.9. The molecule has 2 atom stereocenters. The van der Waals surface area contributed by atoms with Crippen LogP contribution in [0.4, 0.5) is 0 Å². The van der Waals surface area contributed by atoms with Crippen molar-refractivity contribution in [3.63, 3.8) is 0 Å². The van der Waals surface area contributed by atoms with Crippen LogP contribution in [0.3, 0.4) is 0 Å². The number of hydrogen-bond donors (Lipinski definition) is 0. The van der Waals surface area contributed by atoms with Gasteiger partial charge in [-0.25, -0.2) is 0 Å². The largest absolute Gasteiger partial charge is 0.466 e. The van der Waals surface area contributed by atoms with Crippen LogP contribution in [-0.4, -0.2) is 59.9 Å². The average Bonchev–Trinajstić information content (AvgIpc) is 3.15. The van der Waals surface area contributed by atoms with E-state index < -0.39 is 10.8 Å². The van der Waals surface area contributed by atoms with Crippen molar-refractivity contribution in [2.75, 3.05) is 26.3 Å². The van der Waals surface area contributed by atoms with Gasteiger partial charge >= 0.3 is 11.9 Å². The molecule has 59 heavy (non-hydrogen) atoms. The Balaban J connectivity index is 0.000000268. The van der Waals surface area contributed by atoms with Crippen LogP contribution in [0, 0.1) is 17.3 Å². The maximum absolute atomic E-state index is 13.1. The number of nitrogens with zero attached hydrogens (tertiary/aromatic N) is 2. The second kappa shape index (κ2) is 20.4. The Morgan fingerprint density at radius 3 is 1.59 bits per heavy atom. The van der Waals surface area contributed by atoms with Crippen molar-refractivity contribution in [3.8, 4) is 0 Å². The average molecular weight is 915 g/mol. The van der Waals surface area contributed by atoms with Gasteiger partial charge in [0.2, 0.25) is 11.8 Å². The van der Waals surface area contributed by atoms with E-state index >= 15 is 0 Å². The number of allylic oxidation sites excluding steroid dienone is 4. The molecular weight excluding hydrogens is 851 g/mol. The van der Waals surface area contributed by atoms with Crippen LogP contribution in [0.25, 0.3) is 5.57 Å². The lowest BCUT2D eigenvalue weighted by Crippen LogP contribution is -2.42. The summed E-state index contributed by atoms with van der Waals surface area (Å²) >= 11 is 16.5. The Hall–Kier alpha value is -3.40. The van der Waals surface area contributed by atoms with E-state index in [4.69, 9.17) is 32.7 Å². The first kappa shape index (κ1) is 48.3. The third-order valence-corrected chi connectivity index (χ3v) is 13.5. The quantitative estimate of drug-likeness (QED) is 0.186. The highest BCUT2D eigenvalue weighted by atomic mass is 79.9. The van der Waals surface area contributed by atoms with E-state index in [1.54, 1.807) is 23.6 Å². The molecule has 322 valence electrons. The summed E-state index contributed by atoms with van der Waals surface area (Å²) in [6, 6.07) is 12.2. The molecule has 0 fully saturated rings. The van der Waals surface area contributed by atoms with Gasteiger partial charge in [-0.3, -0.25) is 19.2 Å². The molecule has 0 saturated carbocycles. The van der Waals surface area contributed by atoms with Crippen LogP contribution >= 0.6 is 39.1 Å². The predicted molar refractivity (Wildman–Crippen MR) is 242 cm³/mol. The van der Waals surface area contributed by atoms with E-state index in [9.17, 15) is 19.2 Å². The summed E-state index contributed by atoms with van der Waals surface area (Å²) in [6.07, 6.45) is 10.5. The van der Waals surface area contributed by atoms with Gasteiger partial charge in [0, 0.05) is 58.7 Å². The number of rotatable bonds is 13. The van der Waals surface area contributed by atoms with Crippen molar-refractivity contribution < 1.29 is 28.7 Å². The smallest absolute Gasteiger partial charge is 0.307 e. The molecule has 2 heterocycles. The van der Waals surface area contributed by atoms with Gasteiger partial charge in [-0.15, -0.1) is 0 Å². The van der Waals surface area contributed by atoms with Gasteiger partial charge in [0.15, 0.2) is 0 Å². The number of carbonyl (C=O) groups is 4. The Morgan fingerprint density at radius 2 is 1.20 bits per heavy atom. The summed E-state index contributed by atoms with van der Waals surface area (Å²) in [5, 5.41) is 1.38. The second-order valence-corrected chi connectivity index (χ2v) is 19.4. The minimum absolute atomic E-state index is 0.000222. The molecule has 1 aliphatic carbocycles. The summed E-state index contributed by atoms with van der Waals surface area (Å²) in [7, 11) is 0. The van der Waals surface area contributed by atoms with Gasteiger partial charge in [0.05, 0.1) is 31.1 Å². The van der Waals surface area contributed by atoms with Crippen molar-refractivity contribution in [2.45, 2.75) is 125 Å². The fraction of sp³-hybridized carbons (Fsp3) is 0.542. The number of esters is 2. The van der Waals surface area contributed by atoms with Gasteiger partial charge in [0.25, 0.3) is 0 Å². The normalized spacial score (nSPS) is 21.7. The second-order valence-electron chi connectivity index (χ2n) is 17.7. The van der Waals surface area contributed by atoms with Crippen LogP contribution in [-0.2, 0) is 39.5 Å². The maximum Gasteiger partial charge on any atom is 0.307 e. The first-order chi connectivity index (χ1) is 27.6. The van der Waals surface area contributed by atoms with Crippen LogP contribution in [0.15, 0.2) is 70.5 Å². The van der Waals surface area contributed by atoms with Gasteiger partial charge in [-0.1, -0.05) is 103 Å². The fourth-order valence-electron chi connectivity index (χ4n) is 8.43. The molecule has 8 nitrogen and oxygen atoms in total. The lowest BCUT2D eigenvalue weighted by Gasteiger charge is -2.41. The number of hydrogen-bond acceptors (Lipinski definition) is 6. The Morgan fingerprint density at radius 1 is 0.746 bits per heavy atom. The Kier molecular flexibility index (Phi) is 16.7. The molecule has 5 rings (SSSR count). The van der Waals surface area contributed by atoms with E-state index in [-0.39, 0.29) is 48.4 Å². The molecule has 0 N–H and O–H groups in total. The first-order valence-electron chi connectivity index (χ1n) is 20.9. The zero-order valence-corrected chi connectivity index (χ0v) is 39.7. The number of halogens is 3. The van der Waals surface area contributed by atoms with E-state index in [1.165, 1.54) is 11.1 Å². The summed E-state index contributed by atoms with van der Waals surface area (Å²) < 4.78 is 10.8. The molecule has 2 aromatic carbocycles. The van der Waals surface area contributed by atoms with Crippen LogP contribution in [0.5, 0.6) is 0 Å². The monoisotopic (exact) mass is 912 g/mol. The van der Waals surface area contributed by atoms with E-state index in [0.717, 1.165) is 51.0 Å². The Labute approximate surface area is 370 Å². The van der Waals surface area contributed by atoms with Gasteiger partial charge < -0.3 is 19.3 Å². The molecule has 0 spiro atoms. The molecule has 2 aromatic rings. The number of amides is 2. The standard InChI is InChI=1S/C28H38ClNO3.C20H25BrClNO3/c1-7-33-26(32)12-15-30-18-23(19(2)3)28(6,17-25(30)31)21-8-9-22(24(29)16-21)20-10-13-27(4,5)14-11-20;1-5-26-19(25)8-9-23-12-15(13(2)3)20(4,11-18(23)24)14-6-7-16(21)17(22)10-14/h8-10,16,18-19H,7,11-15,17H2,1-6H3;6-7,10,12-13H,5,8-9,11H2,1-4H3. The number of benzene rings is 2. The minimum Gasteiger partial charge on any atom is -0.466 e. The lowest BCUT2D eigenvalue weighted by molar-refractivity contribution is -0.145. The van der Waals surface area contributed by atoms with Crippen molar-refractivity contribution in [1.29, 1.82) is 0 Å². The van der Waals surface area contributed by atoms with Gasteiger partial charge in [-0.2, -0.15) is 0 Å². The zero-order valence-electron chi connectivity index (χ0n) is 36.6. The van der Waals surface area contributed by atoms with E-state index in [0.29, 0.717) is 49.6 Å². The van der Waals surface area contributed by atoms with Crippen molar-refractivity contribution in [1.82, 2.24) is 9.80 Å². The molecule has 0 bridgehead atoms. The van der Waals surface area contributed by atoms with Gasteiger partial charge in [0.1, 0.15) is 0 Å². The molecule has 2 amide bonds. The van der Waals surface area contributed by atoms with Crippen LogP contribution in [0.2, 0.25) is 10.0 Å². The molecule has 3 aliphatic rings. The summed E-state index contributed by atoms with van der Waals surface area (Å²) in [6.45, 7) is 22.3. The summed E-state index contributed by atoms with van der Waals surface area (Å²) in [4.78, 5) is 52.6. The molecule has 0 radical (unpaired) electrons. The number of carbonyl (C=O) groups excluding carboxylic acids is 4. The minimum atomic E-state index is -0.434. The Bertz CT molecular complexity index is 1990. The highest BCUT2D eigenvalue weighted by molar-refractivity contribution is 9.10. The van der Waals surface area contributed by atoms with Crippen molar-refractivity contribution in [3.05, 3.63) is 97.2 Å². The predicted octanol–water partition coefficient (Wildman–Crippen LogP) is 12.0. The van der Waals surface area contributed by atoms with E-state index in [2.05, 4.69) is 95.6 Å². The van der Waals surface area contributed by atoms with Crippen molar-refractivity contribution in [2.24, 2.45) is 17.3 Å². The van der Waals surface area contributed by atoms with Crippen LogP contribution in [0.1, 0.15) is 131 Å². The van der Waals surface area contributed by atoms with Gasteiger partial charge in [-0.05, 0) is 118 Å². The highest BCUT2D eigenvalue weighted by Crippen LogP contribution is 2.46. The topological polar surface area (TPSA) is 93.2 Å². The third kappa shape index (κ3) is 11.9. The van der Waals surface area contributed by atoms with Crippen molar-refractivity contribution >= 4 is 68.5 Å².